The van der Waals surface area contributed by atoms with Crippen LogP contribution in [0, 0.1) is 10.1 Å². The summed E-state index contributed by atoms with van der Waals surface area (Å²) in [4.78, 5) is 10.5. The summed E-state index contributed by atoms with van der Waals surface area (Å²) in [7, 11) is 0. The molecule has 1 aliphatic rings. The predicted octanol–water partition coefficient (Wildman–Crippen LogP) is 2.55. The first-order valence-electron chi connectivity index (χ1n) is 7.09. The molecule has 0 spiro atoms. The van der Waals surface area contributed by atoms with E-state index < -0.39 is 4.92 Å². The van der Waals surface area contributed by atoms with Crippen LogP contribution in [0.25, 0.3) is 0 Å². The Morgan fingerprint density at radius 2 is 2.40 bits per heavy atom. The highest BCUT2D eigenvalue weighted by Gasteiger charge is 2.17. The van der Waals surface area contributed by atoms with Crippen LogP contribution in [0.2, 0.25) is 0 Å². The van der Waals surface area contributed by atoms with E-state index >= 15 is 0 Å². The molecule has 2 N–H and O–H groups in total. The fourth-order valence-electron chi connectivity index (χ4n) is 2.27. The normalized spacial score (nSPS) is 17.9. The maximum Gasteiger partial charge on any atom is 0.311 e. The fourth-order valence-corrected chi connectivity index (χ4v) is 2.27. The van der Waals surface area contributed by atoms with Gasteiger partial charge in [-0.2, -0.15) is 0 Å². The van der Waals surface area contributed by atoms with E-state index in [4.69, 9.17) is 4.74 Å². The van der Waals surface area contributed by atoms with Crippen LogP contribution >= 0.6 is 0 Å². The number of nitro groups is 1. The molecule has 1 atom stereocenters. The molecular weight excluding hydrogens is 258 g/mol. The lowest BCUT2D eigenvalue weighted by atomic mass is 10.2. The van der Waals surface area contributed by atoms with E-state index in [0.717, 1.165) is 25.2 Å². The number of nitro benzene ring substituents is 1. The maximum absolute atomic E-state index is 11.0. The molecule has 1 saturated heterocycles. The van der Waals surface area contributed by atoms with Crippen molar-refractivity contribution in [1.82, 2.24) is 5.32 Å². The Morgan fingerprint density at radius 1 is 1.55 bits per heavy atom. The Bertz CT molecular complexity index is 459. The summed E-state index contributed by atoms with van der Waals surface area (Å²) in [6.07, 6.45) is 3.19. The molecule has 6 nitrogen and oxygen atoms in total. The highest BCUT2D eigenvalue weighted by atomic mass is 16.6. The van der Waals surface area contributed by atoms with Gasteiger partial charge >= 0.3 is 5.69 Å². The highest BCUT2D eigenvalue weighted by molar-refractivity contribution is 5.58. The number of ether oxygens (including phenoxy) is 1. The molecule has 0 bridgehead atoms. The second kappa shape index (κ2) is 7.09. The SMILES string of the molecule is CCCOc1cc(NCC2CCCN2)ccc1[N+](=O)[O-]. The molecule has 0 aromatic heterocycles. The second-order valence-corrected chi connectivity index (χ2v) is 4.96. The molecule has 1 aliphatic heterocycles. The summed E-state index contributed by atoms with van der Waals surface area (Å²) < 4.78 is 5.46. The standard InChI is InChI=1S/C14H21N3O3/c1-2-8-20-14-9-11(5-6-13(14)17(18)19)16-10-12-4-3-7-15-12/h5-6,9,12,15-16H,2-4,7-8,10H2,1H3. The van der Waals surface area contributed by atoms with Crippen LogP contribution < -0.4 is 15.4 Å². The summed E-state index contributed by atoms with van der Waals surface area (Å²) in [6, 6.07) is 5.41. The van der Waals surface area contributed by atoms with E-state index in [1.54, 1.807) is 12.1 Å². The van der Waals surface area contributed by atoms with Crippen molar-refractivity contribution >= 4 is 11.4 Å². The van der Waals surface area contributed by atoms with E-state index in [9.17, 15) is 10.1 Å². The van der Waals surface area contributed by atoms with Gasteiger partial charge in [0.1, 0.15) is 0 Å². The third-order valence-corrected chi connectivity index (χ3v) is 3.33. The van der Waals surface area contributed by atoms with Gasteiger partial charge in [-0.05, 0) is 31.9 Å². The van der Waals surface area contributed by atoms with Crippen LogP contribution in [0.1, 0.15) is 26.2 Å². The van der Waals surface area contributed by atoms with Crippen molar-refractivity contribution < 1.29 is 9.66 Å². The molecule has 0 amide bonds. The quantitative estimate of drug-likeness (QED) is 0.592. The van der Waals surface area contributed by atoms with E-state index in [1.807, 2.05) is 6.92 Å². The van der Waals surface area contributed by atoms with Gasteiger partial charge in [-0.3, -0.25) is 10.1 Å². The number of nitrogens with zero attached hydrogens (tertiary/aromatic N) is 1. The Hall–Kier alpha value is -1.82. The summed E-state index contributed by atoms with van der Waals surface area (Å²) in [5.41, 5.74) is 0.874. The van der Waals surface area contributed by atoms with Crippen LogP contribution in [-0.4, -0.2) is 30.7 Å². The summed E-state index contributed by atoms with van der Waals surface area (Å²) in [5, 5.41) is 17.7. The van der Waals surface area contributed by atoms with Gasteiger partial charge in [-0.15, -0.1) is 0 Å². The number of hydrogen-bond donors (Lipinski definition) is 2. The zero-order valence-corrected chi connectivity index (χ0v) is 11.7. The molecule has 1 heterocycles. The minimum Gasteiger partial charge on any atom is -0.487 e. The van der Waals surface area contributed by atoms with Gasteiger partial charge in [0.2, 0.25) is 0 Å². The summed E-state index contributed by atoms with van der Waals surface area (Å²) in [5.74, 6) is 0.334. The van der Waals surface area contributed by atoms with Crippen molar-refractivity contribution in [1.29, 1.82) is 0 Å². The maximum atomic E-state index is 11.0. The van der Waals surface area contributed by atoms with Crippen LogP contribution in [-0.2, 0) is 0 Å². The average Bonchev–Trinajstić information content (AvgIpc) is 2.96. The van der Waals surface area contributed by atoms with Crippen LogP contribution in [0.15, 0.2) is 18.2 Å². The summed E-state index contributed by atoms with van der Waals surface area (Å²) in [6.45, 7) is 4.34. The highest BCUT2D eigenvalue weighted by Crippen LogP contribution is 2.30. The third-order valence-electron chi connectivity index (χ3n) is 3.33. The number of anilines is 1. The first-order chi connectivity index (χ1) is 9.70. The van der Waals surface area contributed by atoms with Crippen molar-refractivity contribution in [3.8, 4) is 5.75 Å². The van der Waals surface area contributed by atoms with Crippen molar-refractivity contribution in [3.05, 3.63) is 28.3 Å². The molecule has 6 heteroatoms. The molecule has 2 rings (SSSR count). The van der Waals surface area contributed by atoms with Crippen molar-refractivity contribution in [2.45, 2.75) is 32.2 Å². The molecule has 1 unspecified atom stereocenters. The Balaban J connectivity index is 2.03. The van der Waals surface area contributed by atoms with Gasteiger partial charge in [-0.25, -0.2) is 0 Å². The van der Waals surface area contributed by atoms with Gasteiger partial charge in [0.05, 0.1) is 11.5 Å². The Kier molecular flexibility index (Phi) is 5.17. The first kappa shape index (κ1) is 14.6. The molecule has 0 aliphatic carbocycles. The zero-order chi connectivity index (χ0) is 14.4. The minimum atomic E-state index is -0.409. The van der Waals surface area contributed by atoms with Crippen LogP contribution in [0.5, 0.6) is 5.75 Å². The number of nitrogens with one attached hydrogen (secondary N) is 2. The zero-order valence-electron chi connectivity index (χ0n) is 11.7. The molecule has 1 aromatic rings. The van der Waals surface area contributed by atoms with Crippen LogP contribution in [0.4, 0.5) is 11.4 Å². The fraction of sp³-hybridized carbons (Fsp3) is 0.571. The lowest BCUT2D eigenvalue weighted by molar-refractivity contribution is -0.385. The third kappa shape index (κ3) is 3.84. The average molecular weight is 279 g/mol. The van der Waals surface area contributed by atoms with Gasteiger partial charge in [-0.1, -0.05) is 6.92 Å². The Morgan fingerprint density at radius 3 is 3.05 bits per heavy atom. The molecule has 1 fully saturated rings. The van der Waals surface area contributed by atoms with Gasteiger partial charge in [0, 0.05) is 30.4 Å². The molecular formula is C14H21N3O3. The Labute approximate surface area is 118 Å². The lowest BCUT2D eigenvalue weighted by Gasteiger charge is -2.13. The van der Waals surface area contributed by atoms with Gasteiger partial charge < -0.3 is 15.4 Å². The second-order valence-electron chi connectivity index (χ2n) is 4.96. The van der Waals surface area contributed by atoms with Crippen LogP contribution in [0.3, 0.4) is 0 Å². The van der Waals surface area contributed by atoms with Crippen molar-refractivity contribution in [2.24, 2.45) is 0 Å². The molecule has 0 radical (unpaired) electrons. The molecule has 20 heavy (non-hydrogen) atoms. The predicted molar refractivity (Wildman–Crippen MR) is 78.4 cm³/mol. The van der Waals surface area contributed by atoms with E-state index in [2.05, 4.69) is 10.6 Å². The van der Waals surface area contributed by atoms with Gasteiger partial charge in [0.15, 0.2) is 5.75 Å². The van der Waals surface area contributed by atoms with Crippen molar-refractivity contribution in [3.63, 3.8) is 0 Å². The van der Waals surface area contributed by atoms with E-state index in [0.29, 0.717) is 18.4 Å². The smallest absolute Gasteiger partial charge is 0.311 e. The van der Waals surface area contributed by atoms with E-state index in [-0.39, 0.29) is 5.69 Å². The van der Waals surface area contributed by atoms with Crippen molar-refractivity contribution in [2.75, 3.05) is 25.0 Å². The minimum absolute atomic E-state index is 0.0167. The topological polar surface area (TPSA) is 76.4 Å². The van der Waals surface area contributed by atoms with Gasteiger partial charge in [0.25, 0.3) is 0 Å². The number of benzene rings is 1. The lowest BCUT2D eigenvalue weighted by Crippen LogP contribution is -2.29. The molecule has 1 aromatic carbocycles. The van der Waals surface area contributed by atoms with E-state index in [1.165, 1.54) is 18.9 Å². The number of hydrogen-bond acceptors (Lipinski definition) is 5. The molecule has 110 valence electrons. The monoisotopic (exact) mass is 279 g/mol. The summed E-state index contributed by atoms with van der Waals surface area (Å²) >= 11 is 0. The first-order valence-corrected chi connectivity index (χ1v) is 7.09. The number of rotatable bonds is 7. The molecule has 0 saturated carbocycles. The largest absolute Gasteiger partial charge is 0.487 e.